The zero-order valence-electron chi connectivity index (χ0n) is 8.59. The monoisotopic (exact) mass is 272 g/mol. The van der Waals surface area contributed by atoms with E-state index < -0.39 is 4.32 Å². The Morgan fingerprint density at radius 1 is 1.60 bits per heavy atom. The van der Waals surface area contributed by atoms with Gasteiger partial charge in [0.15, 0.2) is 5.78 Å². The van der Waals surface area contributed by atoms with Gasteiger partial charge < -0.3 is 4.74 Å². The van der Waals surface area contributed by atoms with E-state index in [9.17, 15) is 9.59 Å². The topological polar surface area (TPSA) is 43.4 Å². The van der Waals surface area contributed by atoms with Crippen molar-refractivity contribution >= 4 is 27.7 Å². The summed E-state index contributed by atoms with van der Waals surface area (Å²) >= 11 is 3.41. The van der Waals surface area contributed by atoms with Gasteiger partial charge in [-0.05, 0) is 25.3 Å². The minimum absolute atomic E-state index is 0.161. The molecule has 1 fully saturated rings. The number of hydrogen-bond acceptors (Lipinski definition) is 3. The highest BCUT2D eigenvalue weighted by Crippen LogP contribution is 2.57. The molecule has 1 saturated carbocycles. The SMILES string of the molecule is COC(=O)[C@]1(Br)C[C@H]1C1=CC(=O)CCC1. The fraction of sp³-hybridized carbons (Fsp3) is 0.636. The molecule has 0 saturated heterocycles. The predicted octanol–water partition coefficient (Wildman–Crippen LogP) is 1.99. The van der Waals surface area contributed by atoms with Gasteiger partial charge in [0, 0.05) is 12.3 Å². The normalized spacial score (nSPS) is 34.7. The highest BCUT2D eigenvalue weighted by molar-refractivity contribution is 9.10. The van der Waals surface area contributed by atoms with E-state index >= 15 is 0 Å². The molecule has 2 aliphatic carbocycles. The fourth-order valence-electron chi connectivity index (χ4n) is 2.15. The Hall–Kier alpha value is -0.640. The fourth-order valence-corrected chi connectivity index (χ4v) is 2.93. The van der Waals surface area contributed by atoms with E-state index in [1.165, 1.54) is 7.11 Å². The van der Waals surface area contributed by atoms with Crippen LogP contribution in [0, 0.1) is 5.92 Å². The van der Waals surface area contributed by atoms with Crippen LogP contribution in [0.5, 0.6) is 0 Å². The van der Waals surface area contributed by atoms with Crippen molar-refractivity contribution in [1.82, 2.24) is 0 Å². The van der Waals surface area contributed by atoms with Gasteiger partial charge in [-0.25, -0.2) is 0 Å². The van der Waals surface area contributed by atoms with E-state index in [1.54, 1.807) is 6.08 Å². The van der Waals surface area contributed by atoms with Crippen molar-refractivity contribution in [1.29, 1.82) is 0 Å². The molecule has 0 aromatic carbocycles. The van der Waals surface area contributed by atoms with Crippen LogP contribution >= 0.6 is 15.9 Å². The lowest BCUT2D eigenvalue weighted by molar-refractivity contribution is -0.140. The van der Waals surface area contributed by atoms with Gasteiger partial charge in [0.1, 0.15) is 4.32 Å². The van der Waals surface area contributed by atoms with Crippen LogP contribution in [0.2, 0.25) is 0 Å². The number of methoxy groups -OCH3 is 1. The Bertz CT molecular complexity index is 348. The Morgan fingerprint density at radius 3 is 2.93 bits per heavy atom. The quantitative estimate of drug-likeness (QED) is 0.571. The van der Waals surface area contributed by atoms with Crippen molar-refractivity contribution < 1.29 is 14.3 Å². The number of alkyl halides is 1. The maximum atomic E-state index is 11.4. The van der Waals surface area contributed by atoms with E-state index in [-0.39, 0.29) is 17.7 Å². The average Bonchev–Trinajstić information content (AvgIpc) is 2.91. The molecule has 0 unspecified atom stereocenters. The van der Waals surface area contributed by atoms with Gasteiger partial charge in [0.25, 0.3) is 0 Å². The Kier molecular flexibility index (Phi) is 2.71. The molecule has 0 aliphatic heterocycles. The highest BCUT2D eigenvalue weighted by Gasteiger charge is 2.60. The van der Waals surface area contributed by atoms with Crippen molar-refractivity contribution in [2.24, 2.45) is 5.92 Å². The van der Waals surface area contributed by atoms with Crippen molar-refractivity contribution in [3.63, 3.8) is 0 Å². The number of esters is 1. The third-order valence-corrected chi connectivity index (χ3v) is 4.30. The summed E-state index contributed by atoms with van der Waals surface area (Å²) < 4.78 is 4.18. The third-order valence-electron chi connectivity index (χ3n) is 3.10. The summed E-state index contributed by atoms with van der Waals surface area (Å²) in [7, 11) is 1.39. The van der Waals surface area contributed by atoms with Gasteiger partial charge in [-0.3, -0.25) is 9.59 Å². The summed E-state index contributed by atoms with van der Waals surface area (Å²) in [6.07, 6.45) is 4.94. The number of halogens is 1. The first kappa shape index (κ1) is 10.9. The molecular weight excluding hydrogens is 260 g/mol. The van der Waals surface area contributed by atoms with Crippen LogP contribution in [-0.2, 0) is 14.3 Å². The predicted molar refractivity (Wildman–Crippen MR) is 58.7 cm³/mol. The number of hydrogen-bond donors (Lipinski definition) is 0. The number of ketones is 1. The van der Waals surface area contributed by atoms with Gasteiger partial charge in [-0.2, -0.15) is 0 Å². The van der Waals surface area contributed by atoms with Crippen LogP contribution in [0.1, 0.15) is 25.7 Å². The summed E-state index contributed by atoms with van der Waals surface area (Å²) in [5.41, 5.74) is 1.11. The molecule has 15 heavy (non-hydrogen) atoms. The van der Waals surface area contributed by atoms with Gasteiger partial charge in [-0.15, -0.1) is 0 Å². The Morgan fingerprint density at radius 2 is 2.33 bits per heavy atom. The summed E-state index contributed by atoms with van der Waals surface area (Å²) in [6.45, 7) is 0. The van der Waals surface area contributed by atoms with Crippen LogP contribution in [0.25, 0.3) is 0 Å². The molecular formula is C11H13BrO3. The molecule has 2 atom stereocenters. The third kappa shape index (κ3) is 1.87. The van der Waals surface area contributed by atoms with Crippen molar-refractivity contribution in [2.45, 2.75) is 30.0 Å². The van der Waals surface area contributed by atoms with E-state index in [0.29, 0.717) is 6.42 Å². The lowest BCUT2D eigenvalue weighted by Crippen LogP contribution is -2.20. The smallest absolute Gasteiger partial charge is 0.323 e. The molecule has 4 heteroatoms. The summed E-state index contributed by atoms with van der Waals surface area (Å²) in [6, 6.07) is 0. The first-order valence-electron chi connectivity index (χ1n) is 5.08. The minimum atomic E-state index is -0.550. The number of rotatable bonds is 2. The van der Waals surface area contributed by atoms with E-state index in [4.69, 9.17) is 4.74 Å². The molecule has 0 N–H and O–H groups in total. The molecule has 3 nitrogen and oxygen atoms in total. The molecule has 0 aromatic rings. The second-order valence-corrected chi connectivity index (χ2v) is 5.56. The molecule has 82 valence electrons. The first-order chi connectivity index (χ1) is 7.08. The van der Waals surface area contributed by atoms with Crippen molar-refractivity contribution in [2.75, 3.05) is 7.11 Å². The molecule has 0 radical (unpaired) electrons. The van der Waals surface area contributed by atoms with E-state index in [2.05, 4.69) is 15.9 Å². The van der Waals surface area contributed by atoms with Gasteiger partial charge >= 0.3 is 5.97 Å². The van der Waals surface area contributed by atoms with Crippen LogP contribution in [0.3, 0.4) is 0 Å². The second-order valence-electron chi connectivity index (χ2n) is 4.15. The van der Waals surface area contributed by atoms with Crippen LogP contribution in [0.15, 0.2) is 11.6 Å². The maximum absolute atomic E-state index is 11.4. The van der Waals surface area contributed by atoms with Crippen LogP contribution in [0.4, 0.5) is 0 Å². The summed E-state index contributed by atoms with van der Waals surface area (Å²) in [4.78, 5) is 22.7. The van der Waals surface area contributed by atoms with Crippen LogP contribution < -0.4 is 0 Å². The summed E-state index contributed by atoms with van der Waals surface area (Å²) in [5.74, 6) is 0.114. The average molecular weight is 273 g/mol. The van der Waals surface area contributed by atoms with Gasteiger partial charge in [0.2, 0.25) is 0 Å². The van der Waals surface area contributed by atoms with Gasteiger partial charge in [0.05, 0.1) is 7.11 Å². The standard InChI is InChI=1S/C11H13BrO3/c1-15-10(14)11(12)6-9(11)7-3-2-4-8(13)5-7/h5,9H,2-4,6H2,1H3/t9-,11-/m0/s1. The minimum Gasteiger partial charge on any atom is -0.468 e. The van der Waals surface area contributed by atoms with Crippen molar-refractivity contribution in [3.05, 3.63) is 11.6 Å². The molecule has 0 aromatic heterocycles. The molecule has 2 rings (SSSR count). The Balaban J connectivity index is 2.10. The van der Waals surface area contributed by atoms with E-state index in [1.807, 2.05) is 0 Å². The largest absolute Gasteiger partial charge is 0.468 e. The maximum Gasteiger partial charge on any atom is 0.323 e. The number of carbonyl (C=O) groups excluding carboxylic acids is 2. The second kappa shape index (κ2) is 3.74. The van der Waals surface area contributed by atoms with Crippen LogP contribution in [-0.4, -0.2) is 23.2 Å². The molecule has 0 amide bonds. The zero-order valence-corrected chi connectivity index (χ0v) is 10.2. The van der Waals surface area contributed by atoms with Crippen molar-refractivity contribution in [3.8, 4) is 0 Å². The molecule has 0 bridgehead atoms. The van der Waals surface area contributed by atoms with Gasteiger partial charge in [-0.1, -0.05) is 21.5 Å². The number of carbonyl (C=O) groups is 2. The summed E-state index contributed by atoms with van der Waals surface area (Å²) in [5, 5.41) is 0. The number of ether oxygens (including phenoxy) is 1. The molecule has 0 spiro atoms. The molecule has 0 heterocycles. The van der Waals surface area contributed by atoms with E-state index in [0.717, 1.165) is 24.8 Å². The Labute approximate surface area is 97.0 Å². The number of allylic oxidation sites excluding steroid dienone is 2. The highest BCUT2D eigenvalue weighted by atomic mass is 79.9. The first-order valence-corrected chi connectivity index (χ1v) is 5.88. The molecule has 2 aliphatic rings. The lowest BCUT2D eigenvalue weighted by atomic mass is 9.94. The lowest BCUT2D eigenvalue weighted by Gasteiger charge is -2.13. The zero-order chi connectivity index (χ0) is 11.1.